The Morgan fingerprint density at radius 1 is 1.31 bits per heavy atom. The van der Waals surface area contributed by atoms with Gasteiger partial charge in [-0.2, -0.15) is 13.2 Å². The highest BCUT2D eigenvalue weighted by molar-refractivity contribution is 9.10. The first-order valence-electron chi connectivity index (χ1n) is 4.99. The van der Waals surface area contributed by atoms with Crippen molar-refractivity contribution in [2.75, 3.05) is 0 Å². The molecule has 0 amide bonds. The molecule has 1 nitrogen and oxygen atoms in total. The predicted octanol–water partition coefficient (Wildman–Crippen LogP) is 3.63. The van der Waals surface area contributed by atoms with Crippen LogP contribution in [0.1, 0.15) is 18.4 Å². The van der Waals surface area contributed by atoms with Gasteiger partial charge in [0.1, 0.15) is 5.54 Å². The Hall–Kier alpha value is -0.550. The molecule has 0 heterocycles. The summed E-state index contributed by atoms with van der Waals surface area (Å²) in [6, 6.07) is 7.29. The van der Waals surface area contributed by atoms with Gasteiger partial charge in [-0.3, -0.25) is 5.32 Å². The minimum Gasteiger partial charge on any atom is -0.299 e. The lowest BCUT2D eigenvalue weighted by molar-refractivity contribution is -0.166. The van der Waals surface area contributed by atoms with Crippen molar-refractivity contribution >= 4 is 15.9 Å². The number of alkyl halides is 3. The van der Waals surface area contributed by atoms with Crippen molar-refractivity contribution in [2.45, 2.75) is 31.1 Å². The summed E-state index contributed by atoms with van der Waals surface area (Å²) in [5, 5.41) is 2.61. The molecule has 0 bridgehead atoms. The minimum atomic E-state index is -4.14. The summed E-state index contributed by atoms with van der Waals surface area (Å²) in [6.45, 7) is 0.249. The zero-order valence-electron chi connectivity index (χ0n) is 8.44. The minimum absolute atomic E-state index is 0.185. The van der Waals surface area contributed by atoms with E-state index in [0.29, 0.717) is 0 Å². The molecule has 0 aromatic heterocycles. The van der Waals surface area contributed by atoms with Crippen LogP contribution >= 0.6 is 15.9 Å². The van der Waals surface area contributed by atoms with Crippen LogP contribution in [0.5, 0.6) is 0 Å². The van der Waals surface area contributed by atoms with Gasteiger partial charge in [-0.05, 0) is 30.5 Å². The summed E-state index contributed by atoms with van der Waals surface area (Å²) in [6.07, 6.45) is -3.77. The van der Waals surface area contributed by atoms with Gasteiger partial charge in [-0.15, -0.1) is 0 Å². The van der Waals surface area contributed by atoms with Crippen molar-refractivity contribution in [2.24, 2.45) is 0 Å². The average Bonchev–Trinajstić information content (AvgIpc) is 2.94. The van der Waals surface area contributed by atoms with Crippen LogP contribution in [-0.2, 0) is 6.54 Å². The van der Waals surface area contributed by atoms with Crippen LogP contribution in [0.2, 0.25) is 0 Å². The van der Waals surface area contributed by atoms with Gasteiger partial charge in [0.05, 0.1) is 0 Å². The van der Waals surface area contributed by atoms with Crippen LogP contribution in [-0.4, -0.2) is 11.7 Å². The molecule has 1 saturated carbocycles. The van der Waals surface area contributed by atoms with Crippen LogP contribution in [0.25, 0.3) is 0 Å². The topological polar surface area (TPSA) is 12.0 Å². The van der Waals surface area contributed by atoms with E-state index >= 15 is 0 Å². The molecule has 1 aliphatic rings. The van der Waals surface area contributed by atoms with E-state index in [0.717, 1.165) is 10.0 Å². The van der Waals surface area contributed by atoms with Crippen molar-refractivity contribution in [3.05, 3.63) is 34.3 Å². The lowest BCUT2D eigenvalue weighted by Gasteiger charge is -2.20. The van der Waals surface area contributed by atoms with Crippen LogP contribution in [0.15, 0.2) is 28.7 Å². The molecule has 0 saturated heterocycles. The summed E-state index contributed by atoms with van der Waals surface area (Å²) in [4.78, 5) is 0. The Labute approximate surface area is 100 Å². The van der Waals surface area contributed by atoms with E-state index in [4.69, 9.17) is 0 Å². The van der Waals surface area contributed by atoms with Gasteiger partial charge in [0.2, 0.25) is 0 Å². The molecule has 0 radical (unpaired) electrons. The fraction of sp³-hybridized carbons (Fsp3) is 0.455. The average molecular weight is 294 g/mol. The molecule has 16 heavy (non-hydrogen) atoms. The molecule has 1 N–H and O–H groups in total. The Morgan fingerprint density at radius 2 is 2.00 bits per heavy atom. The molecule has 1 fully saturated rings. The molecule has 88 valence electrons. The molecule has 1 aromatic carbocycles. The normalized spacial score (nSPS) is 18.5. The zero-order chi connectivity index (χ0) is 11.8. The van der Waals surface area contributed by atoms with Gasteiger partial charge >= 0.3 is 6.18 Å². The van der Waals surface area contributed by atoms with E-state index in [1.165, 1.54) is 0 Å². The molecule has 2 rings (SSSR count). The highest BCUT2D eigenvalue weighted by atomic mass is 79.9. The first-order valence-corrected chi connectivity index (χ1v) is 5.78. The number of rotatable bonds is 3. The van der Waals surface area contributed by atoms with Crippen LogP contribution in [0, 0.1) is 0 Å². The summed E-state index contributed by atoms with van der Waals surface area (Å²) in [7, 11) is 0. The number of halogens is 4. The van der Waals surface area contributed by atoms with Crippen molar-refractivity contribution in [1.29, 1.82) is 0 Å². The van der Waals surface area contributed by atoms with E-state index in [1.54, 1.807) is 0 Å². The molecular weight excluding hydrogens is 283 g/mol. The number of hydrogen-bond acceptors (Lipinski definition) is 1. The smallest absolute Gasteiger partial charge is 0.299 e. The zero-order valence-corrected chi connectivity index (χ0v) is 10.0. The van der Waals surface area contributed by atoms with Gasteiger partial charge in [-0.1, -0.05) is 28.1 Å². The molecule has 0 atom stereocenters. The van der Waals surface area contributed by atoms with Crippen LogP contribution in [0.4, 0.5) is 13.2 Å². The number of benzene rings is 1. The van der Waals surface area contributed by atoms with Gasteiger partial charge < -0.3 is 0 Å². The highest BCUT2D eigenvalue weighted by Gasteiger charge is 2.62. The third kappa shape index (κ3) is 2.40. The first kappa shape index (κ1) is 11.9. The van der Waals surface area contributed by atoms with E-state index in [1.807, 2.05) is 24.3 Å². The van der Waals surface area contributed by atoms with E-state index < -0.39 is 11.7 Å². The summed E-state index contributed by atoms with van der Waals surface area (Å²) in [5.41, 5.74) is -0.778. The van der Waals surface area contributed by atoms with Gasteiger partial charge in [0.15, 0.2) is 0 Å². The van der Waals surface area contributed by atoms with Crippen molar-refractivity contribution in [3.63, 3.8) is 0 Å². The Morgan fingerprint density at radius 3 is 2.50 bits per heavy atom. The third-order valence-electron chi connectivity index (χ3n) is 2.81. The van der Waals surface area contributed by atoms with E-state index in [-0.39, 0.29) is 19.4 Å². The maximum Gasteiger partial charge on any atom is 0.406 e. The lowest BCUT2D eigenvalue weighted by Crippen LogP contribution is -2.44. The molecule has 0 spiro atoms. The van der Waals surface area contributed by atoms with Crippen molar-refractivity contribution in [3.8, 4) is 0 Å². The van der Waals surface area contributed by atoms with Gasteiger partial charge in [0, 0.05) is 11.0 Å². The second-order valence-corrected chi connectivity index (χ2v) is 4.98. The Kier molecular flexibility index (Phi) is 3.01. The van der Waals surface area contributed by atoms with Crippen LogP contribution < -0.4 is 5.32 Å². The Balaban J connectivity index is 1.98. The maximum atomic E-state index is 12.6. The number of hydrogen-bond donors (Lipinski definition) is 1. The monoisotopic (exact) mass is 293 g/mol. The SMILES string of the molecule is FC(F)(F)C1(NCc2cccc(Br)c2)CC1. The lowest BCUT2D eigenvalue weighted by atomic mass is 10.2. The Bertz CT molecular complexity index is 385. The van der Waals surface area contributed by atoms with E-state index in [9.17, 15) is 13.2 Å². The van der Waals surface area contributed by atoms with Gasteiger partial charge in [0.25, 0.3) is 0 Å². The maximum absolute atomic E-state index is 12.6. The fourth-order valence-electron chi connectivity index (χ4n) is 1.60. The summed E-state index contributed by atoms with van der Waals surface area (Å²) < 4.78 is 38.7. The van der Waals surface area contributed by atoms with Crippen molar-refractivity contribution < 1.29 is 13.2 Å². The first-order chi connectivity index (χ1) is 7.43. The quantitative estimate of drug-likeness (QED) is 0.897. The molecule has 1 aromatic rings. The molecule has 5 heteroatoms. The van der Waals surface area contributed by atoms with E-state index in [2.05, 4.69) is 21.2 Å². The molecule has 0 aliphatic heterocycles. The van der Waals surface area contributed by atoms with Crippen molar-refractivity contribution in [1.82, 2.24) is 5.32 Å². The largest absolute Gasteiger partial charge is 0.406 e. The standard InChI is InChI=1S/C11H11BrF3N/c12-9-3-1-2-8(6-9)7-16-10(4-5-10)11(13,14)15/h1-3,6,16H,4-5,7H2. The summed E-state index contributed by atoms with van der Waals surface area (Å²) in [5.74, 6) is 0. The summed E-state index contributed by atoms with van der Waals surface area (Å²) >= 11 is 3.29. The second kappa shape index (κ2) is 4.04. The predicted molar refractivity (Wildman–Crippen MR) is 59.0 cm³/mol. The molecule has 1 aliphatic carbocycles. The van der Waals surface area contributed by atoms with Crippen LogP contribution in [0.3, 0.4) is 0 Å². The fourth-order valence-corrected chi connectivity index (χ4v) is 2.05. The highest BCUT2D eigenvalue weighted by Crippen LogP contribution is 2.49. The second-order valence-electron chi connectivity index (χ2n) is 4.06. The molecule has 0 unspecified atom stereocenters. The third-order valence-corrected chi connectivity index (χ3v) is 3.31. The number of nitrogens with one attached hydrogen (secondary N) is 1. The van der Waals surface area contributed by atoms with Gasteiger partial charge in [-0.25, -0.2) is 0 Å². The molecular formula is C11H11BrF3N.